The lowest BCUT2D eigenvalue weighted by Crippen LogP contribution is -2.24. The molecule has 0 aliphatic carbocycles. The Morgan fingerprint density at radius 1 is 1.61 bits per heavy atom. The largest absolute Gasteiger partial charge is 0.466 e. The maximum Gasteiger partial charge on any atom is 0.308 e. The third-order valence-corrected chi connectivity index (χ3v) is 2.66. The number of hydrogen-bond donors (Lipinski definition) is 2. The first kappa shape index (κ1) is 14.9. The van der Waals surface area contributed by atoms with Crippen molar-refractivity contribution in [3.05, 3.63) is 28.5 Å². The van der Waals surface area contributed by atoms with Gasteiger partial charge in [0, 0.05) is 11.0 Å². The standard InChI is InChI=1S/C12H15BrFNO3/c1-2-18-12(17)6-9(16)7-15-11-5-8(13)3-4-10(11)14/h3-5,9,15-16H,2,6-7H2,1H3. The van der Waals surface area contributed by atoms with Gasteiger partial charge in [-0.15, -0.1) is 0 Å². The van der Waals surface area contributed by atoms with E-state index in [9.17, 15) is 14.3 Å². The minimum absolute atomic E-state index is 0.0756. The van der Waals surface area contributed by atoms with Gasteiger partial charge in [-0.2, -0.15) is 0 Å². The van der Waals surface area contributed by atoms with Crippen molar-refractivity contribution < 1.29 is 19.0 Å². The number of rotatable bonds is 6. The molecule has 0 heterocycles. The van der Waals surface area contributed by atoms with Gasteiger partial charge in [0.2, 0.25) is 0 Å². The monoisotopic (exact) mass is 319 g/mol. The fourth-order valence-corrected chi connectivity index (χ4v) is 1.71. The van der Waals surface area contributed by atoms with Gasteiger partial charge in [-0.25, -0.2) is 4.39 Å². The van der Waals surface area contributed by atoms with Crippen LogP contribution in [-0.2, 0) is 9.53 Å². The molecule has 0 bridgehead atoms. The molecular weight excluding hydrogens is 305 g/mol. The summed E-state index contributed by atoms with van der Waals surface area (Å²) in [5.41, 5.74) is 0.271. The Balaban J connectivity index is 2.44. The number of anilines is 1. The van der Waals surface area contributed by atoms with Crippen LogP contribution in [0.4, 0.5) is 10.1 Å². The molecule has 0 radical (unpaired) electrons. The number of carbonyl (C=O) groups is 1. The van der Waals surface area contributed by atoms with Gasteiger partial charge >= 0.3 is 5.97 Å². The second-order valence-electron chi connectivity index (χ2n) is 3.67. The van der Waals surface area contributed by atoms with Gasteiger partial charge in [-0.1, -0.05) is 15.9 Å². The third-order valence-electron chi connectivity index (χ3n) is 2.16. The predicted octanol–water partition coefficient (Wildman–Crippen LogP) is 2.31. The van der Waals surface area contributed by atoms with Crippen LogP contribution in [0.3, 0.4) is 0 Å². The van der Waals surface area contributed by atoms with E-state index in [-0.39, 0.29) is 25.3 Å². The highest BCUT2D eigenvalue weighted by Gasteiger charge is 2.12. The number of nitrogens with one attached hydrogen (secondary N) is 1. The van der Waals surface area contributed by atoms with E-state index in [2.05, 4.69) is 21.2 Å². The smallest absolute Gasteiger partial charge is 0.308 e. The number of ether oxygens (including phenoxy) is 1. The number of aliphatic hydroxyl groups is 1. The second kappa shape index (κ2) is 7.33. The van der Waals surface area contributed by atoms with Gasteiger partial charge in [0.15, 0.2) is 0 Å². The summed E-state index contributed by atoms with van der Waals surface area (Å²) in [6.45, 7) is 2.05. The van der Waals surface area contributed by atoms with E-state index in [4.69, 9.17) is 4.74 Å². The zero-order valence-electron chi connectivity index (χ0n) is 9.95. The molecule has 2 N–H and O–H groups in total. The minimum atomic E-state index is -0.914. The van der Waals surface area contributed by atoms with Gasteiger partial charge < -0.3 is 15.2 Å². The summed E-state index contributed by atoms with van der Waals surface area (Å²) in [5.74, 6) is -0.886. The van der Waals surface area contributed by atoms with Gasteiger partial charge in [-0.05, 0) is 25.1 Å². The van der Waals surface area contributed by atoms with E-state index >= 15 is 0 Å². The summed E-state index contributed by atoms with van der Waals surface area (Å²) in [7, 11) is 0. The van der Waals surface area contributed by atoms with Crippen LogP contribution in [0.1, 0.15) is 13.3 Å². The van der Waals surface area contributed by atoms with Crippen LogP contribution >= 0.6 is 15.9 Å². The first-order valence-electron chi connectivity index (χ1n) is 5.55. The Labute approximate surface area is 113 Å². The molecule has 1 aromatic rings. The molecule has 0 amide bonds. The normalized spacial score (nSPS) is 12.0. The number of benzene rings is 1. The molecular formula is C12H15BrFNO3. The number of halogens is 2. The molecule has 0 fully saturated rings. The molecule has 0 aromatic heterocycles. The molecule has 100 valence electrons. The van der Waals surface area contributed by atoms with Crippen LogP contribution in [0.25, 0.3) is 0 Å². The van der Waals surface area contributed by atoms with Gasteiger partial charge in [0.05, 0.1) is 24.8 Å². The van der Waals surface area contributed by atoms with E-state index in [0.29, 0.717) is 0 Å². The van der Waals surface area contributed by atoms with Crippen LogP contribution in [0.5, 0.6) is 0 Å². The number of aliphatic hydroxyl groups excluding tert-OH is 1. The Hall–Kier alpha value is -1.14. The highest BCUT2D eigenvalue weighted by atomic mass is 79.9. The molecule has 0 saturated heterocycles. The Bertz CT molecular complexity index is 414. The summed E-state index contributed by atoms with van der Waals surface area (Å²) in [6.07, 6.45) is -1.03. The zero-order valence-corrected chi connectivity index (χ0v) is 11.5. The SMILES string of the molecule is CCOC(=O)CC(O)CNc1cc(Br)ccc1F. The highest BCUT2D eigenvalue weighted by Crippen LogP contribution is 2.19. The molecule has 0 saturated carbocycles. The lowest BCUT2D eigenvalue weighted by atomic mass is 10.2. The first-order valence-corrected chi connectivity index (χ1v) is 6.34. The fourth-order valence-electron chi connectivity index (χ4n) is 1.35. The van der Waals surface area contributed by atoms with Crippen molar-refractivity contribution >= 4 is 27.6 Å². The molecule has 1 atom stereocenters. The van der Waals surface area contributed by atoms with E-state index < -0.39 is 17.9 Å². The van der Waals surface area contributed by atoms with E-state index in [0.717, 1.165) is 4.47 Å². The van der Waals surface area contributed by atoms with Crippen molar-refractivity contribution in [3.8, 4) is 0 Å². The van der Waals surface area contributed by atoms with Crippen molar-refractivity contribution in [2.75, 3.05) is 18.5 Å². The van der Waals surface area contributed by atoms with E-state index in [1.54, 1.807) is 19.1 Å². The van der Waals surface area contributed by atoms with E-state index in [1.165, 1.54) is 6.07 Å². The predicted molar refractivity (Wildman–Crippen MR) is 69.8 cm³/mol. The van der Waals surface area contributed by atoms with Crippen molar-refractivity contribution in [2.45, 2.75) is 19.4 Å². The maximum atomic E-state index is 13.3. The summed E-state index contributed by atoms with van der Waals surface area (Å²) < 4.78 is 18.8. The molecule has 6 heteroatoms. The first-order chi connectivity index (χ1) is 8.52. The Morgan fingerprint density at radius 3 is 3.00 bits per heavy atom. The summed E-state index contributed by atoms with van der Waals surface area (Å²) in [4.78, 5) is 11.1. The maximum absolute atomic E-state index is 13.3. The van der Waals surface area contributed by atoms with Crippen LogP contribution in [0.15, 0.2) is 22.7 Å². The summed E-state index contributed by atoms with van der Waals surface area (Å²) >= 11 is 3.22. The lowest BCUT2D eigenvalue weighted by molar-refractivity contribution is -0.145. The van der Waals surface area contributed by atoms with Gasteiger partial charge in [0.25, 0.3) is 0 Å². The Kier molecular flexibility index (Phi) is 6.07. The quantitative estimate of drug-likeness (QED) is 0.790. The zero-order chi connectivity index (χ0) is 13.5. The van der Waals surface area contributed by atoms with Crippen molar-refractivity contribution in [1.29, 1.82) is 0 Å². The number of carbonyl (C=O) groups excluding carboxylic acids is 1. The second-order valence-corrected chi connectivity index (χ2v) is 4.58. The minimum Gasteiger partial charge on any atom is -0.466 e. The Morgan fingerprint density at radius 2 is 2.33 bits per heavy atom. The molecule has 4 nitrogen and oxygen atoms in total. The molecule has 1 aromatic carbocycles. The fraction of sp³-hybridized carbons (Fsp3) is 0.417. The molecule has 1 unspecified atom stereocenters. The van der Waals surface area contributed by atoms with Crippen molar-refractivity contribution in [3.63, 3.8) is 0 Å². The number of hydrogen-bond acceptors (Lipinski definition) is 4. The summed E-state index contributed by atoms with van der Waals surface area (Å²) in [5, 5.41) is 12.3. The van der Waals surface area contributed by atoms with Crippen LogP contribution in [0.2, 0.25) is 0 Å². The molecule has 1 rings (SSSR count). The number of esters is 1. The van der Waals surface area contributed by atoms with Gasteiger partial charge in [0.1, 0.15) is 5.82 Å². The van der Waals surface area contributed by atoms with E-state index in [1.807, 2.05) is 0 Å². The molecule has 0 aliphatic rings. The molecule has 0 aliphatic heterocycles. The van der Waals surface area contributed by atoms with Gasteiger partial charge in [-0.3, -0.25) is 4.79 Å². The van der Waals surface area contributed by atoms with Crippen LogP contribution in [0, 0.1) is 5.82 Å². The average molecular weight is 320 g/mol. The third kappa shape index (κ3) is 5.01. The van der Waals surface area contributed by atoms with Crippen molar-refractivity contribution in [2.24, 2.45) is 0 Å². The highest BCUT2D eigenvalue weighted by molar-refractivity contribution is 9.10. The topological polar surface area (TPSA) is 58.6 Å². The summed E-state index contributed by atoms with van der Waals surface area (Å²) in [6, 6.07) is 4.45. The van der Waals surface area contributed by atoms with Crippen LogP contribution < -0.4 is 5.32 Å². The average Bonchev–Trinajstić information content (AvgIpc) is 2.30. The molecule has 0 spiro atoms. The lowest BCUT2D eigenvalue weighted by Gasteiger charge is -2.12. The van der Waals surface area contributed by atoms with Crippen LogP contribution in [-0.4, -0.2) is 30.3 Å². The van der Waals surface area contributed by atoms with Crippen molar-refractivity contribution in [1.82, 2.24) is 0 Å². The molecule has 18 heavy (non-hydrogen) atoms.